The first-order valence-corrected chi connectivity index (χ1v) is 11.0. The summed E-state index contributed by atoms with van der Waals surface area (Å²) in [4.78, 5) is 0. The van der Waals surface area contributed by atoms with E-state index in [0.717, 1.165) is 18.4 Å². The van der Waals surface area contributed by atoms with Crippen molar-refractivity contribution in [3.8, 4) is 0 Å². The second-order valence-corrected chi connectivity index (χ2v) is 9.99. The summed E-state index contributed by atoms with van der Waals surface area (Å²) in [6.07, 6.45) is 11.6. The van der Waals surface area contributed by atoms with Crippen LogP contribution in [0.25, 0.3) is 0 Å². The van der Waals surface area contributed by atoms with Crippen LogP contribution in [-0.2, 0) is 8.85 Å². The van der Waals surface area contributed by atoms with Gasteiger partial charge >= 0.3 is 8.56 Å². The second-order valence-electron chi connectivity index (χ2n) is 6.79. The van der Waals surface area contributed by atoms with Gasteiger partial charge in [0.1, 0.15) is 0 Å². The first-order valence-electron chi connectivity index (χ1n) is 8.45. The van der Waals surface area contributed by atoms with E-state index in [-0.39, 0.29) is 0 Å². The predicted molar refractivity (Wildman–Crippen MR) is 82.5 cm³/mol. The Labute approximate surface area is 120 Å². The van der Waals surface area contributed by atoms with Crippen LogP contribution >= 0.6 is 0 Å². The van der Waals surface area contributed by atoms with E-state index in [0.29, 0.717) is 6.10 Å². The average molecular weight is 285 g/mol. The summed E-state index contributed by atoms with van der Waals surface area (Å²) < 4.78 is 12.6. The molecule has 2 aliphatic rings. The van der Waals surface area contributed by atoms with Gasteiger partial charge in [-0.25, -0.2) is 0 Å². The van der Waals surface area contributed by atoms with Crippen LogP contribution in [0.1, 0.15) is 65.2 Å². The number of rotatable bonds is 7. The summed E-state index contributed by atoms with van der Waals surface area (Å²) in [6, 6.07) is 1.22. The quantitative estimate of drug-likeness (QED) is 0.490. The molecule has 0 amide bonds. The lowest BCUT2D eigenvalue weighted by Gasteiger charge is -2.33. The first-order chi connectivity index (χ1) is 9.13. The molecular formula is C16H32O2Si. The molecule has 0 saturated heterocycles. The Morgan fingerprint density at radius 2 is 1.68 bits per heavy atom. The van der Waals surface area contributed by atoms with Crippen LogP contribution in [0.15, 0.2) is 0 Å². The molecular weight excluding hydrogens is 252 g/mol. The molecule has 2 unspecified atom stereocenters. The normalized spacial score (nSPS) is 26.7. The molecule has 3 heteroatoms. The summed E-state index contributed by atoms with van der Waals surface area (Å²) in [5, 5.41) is 0. The molecule has 2 atom stereocenters. The summed E-state index contributed by atoms with van der Waals surface area (Å²) in [5.74, 6) is 1.68. The summed E-state index contributed by atoms with van der Waals surface area (Å²) in [7, 11) is -1.91. The zero-order chi connectivity index (χ0) is 13.7. The highest BCUT2D eigenvalue weighted by atomic mass is 28.4. The molecule has 112 valence electrons. The van der Waals surface area contributed by atoms with E-state index in [4.69, 9.17) is 8.85 Å². The fraction of sp³-hybridized carbons (Fsp3) is 1.00. The Morgan fingerprint density at radius 1 is 1.05 bits per heavy atom. The Morgan fingerprint density at radius 3 is 2.21 bits per heavy atom. The van der Waals surface area contributed by atoms with Crippen LogP contribution in [0, 0.1) is 11.8 Å². The largest absolute Gasteiger partial charge is 0.395 e. The number of hydrogen-bond donors (Lipinski definition) is 0. The minimum atomic E-state index is -1.91. The van der Waals surface area contributed by atoms with Gasteiger partial charge in [-0.3, -0.25) is 0 Å². The smallest absolute Gasteiger partial charge is 0.335 e. The fourth-order valence-corrected chi connectivity index (χ4v) is 6.89. The van der Waals surface area contributed by atoms with Crippen LogP contribution in [0.2, 0.25) is 12.6 Å². The van der Waals surface area contributed by atoms with Gasteiger partial charge in [0.15, 0.2) is 0 Å². The van der Waals surface area contributed by atoms with E-state index in [1.165, 1.54) is 57.4 Å². The Kier molecular flexibility index (Phi) is 5.91. The van der Waals surface area contributed by atoms with Gasteiger partial charge in [0.25, 0.3) is 0 Å². The molecule has 0 aromatic carbocycles. The SMILES string of the molecule is CCO[Si](C)(CC1CC1)OC(C)C1CCCCCC1. The summed E-state index contributed by atoms with van der Waals surface area (Å²) in [6.45, 7) is 7.51. The van der Waals surface area contributed by atoms with Gasteiger partial charge in [-0.05, 0) is 51.1 Å². The van der Waals surface area contributed by atoms with Gasteiger partial charge in [0, 0.05) is 12.7 Å². The summed E-state index contributed by atoms with van der Waals surface area (Å²) in [5.41, 5.74) is 0. The van der Waals surface area contributed by atoms with E-state index in [1.807, 2.05) is 0 Å². The average Bonchev–Trinajstić information content (AvgIpc) is 3.14. The minimum Gasteiger partial charge on any atom is -0.395 e. The van der Waals surface area contributed by atoms with Crippen LogP contribution in [0.4, 0.5) is 0 Å². The fourth-order valence-electron chi connectivity index (χ4n) is 3.56. The van der Waals surface area contributed by atoms with Crippen molar-refractivity contribution in [1.82, 2.24) is 0 Å². The molecule has 0 spiro atoms. The predicted octanol–water partition coefficient (Wildman–Crippen LogP) is 4.88. The maximum Gasteiger partial charge on any atom is 0.335 e. The van der Waals surface area contributed by atoms with E-state index >= 15 is 0 Å². The first kappa shape index (κ1) is 15.5. The zero-order valence-electron chi connectivity index (χ0n) is 13.1. The molecule has 2 saturated carbocycles. The van der Waals surface area contributed by atoms with E-state index in [9.17, 15) is 0 Å². The molecule has 0 bridgehead atoms. The number of hydrogen-bond acceptors (Lipinski definition) is 2. The van der Waals surface area contributed by atoms with Crippen molar-refractivity contribution in [3.63, 3.8) is 0 Å². The van der Waals surface area contributed by atoms with Crippen molar-refractivity contribution >= 4 is 8.56 Å². The van der Waals surface area contributed by atoms with Gasteiger partial charge in [-0.15, -0.1) is 0 Å². The molecule has 2 fully saturated rings. The molecule has 2 aliphatic carbocycles. The maximum absolute atomic E-state index is 6.54. The standard InChI is InChI=1S/C16H32O2Si/c1-4-17-19(3,13-15-11-12-15)18-14(2)16-9-7-5-6-8-10-16/h14-16H,4-13H2,1-3H3. The lowest BCUT2D eigenvalue weighted by Crippen LogP contribution is -2.43. The van der Waals surface area contributed by atoms with Crippen LogP contribution in [0.5, 0.6) is 0 Å². The summed E-state index contributed by atoms with van der Waals surface area (Å²) >= 11 is 0. The van der Waals surface area contributed by atoms with Crippen molar-refractivity contribution in [1.29, 1.82) is 0 Å². The third kappa shape index (κ3) is 5.20. The molecule has 0 aromatic heterocycles. The van der Waals surface area contributed by atoms with Crippen molar-refractivity contribution in [3.05, 3.63) is 0 Å². The Bertz CT molecular complexity index is 259. The lowest BCUT2D eigenvalue weighted by molar-refractivity contribution is 0.0819. The molecule has 0 heterocycles. The van der Waals surface area contributed by atoms with Gasteiger partial charge in [-0.1, -0.05) is 38.5 Å². The van der Waals surface area contributed by atoms with Crippen molar-refractivity contribution in [2.75, 3.05) is 6.61 Å². The lowest BCUT2D eigenvalue weighted by atomic mass is 9.95. The topological polar surface area (TPSA) is 18.5 Å². The maximum atomic E-state index is 6.54. The molecule has 0 aliphatic heterocycles. The van der Waals surface area contributed by atoms with Crippen molar-refractivity contribution in [2.45, 2.75) is 83.9 Å². The van der Waals surface area contributed by atoms with E-state index in [2.05, 4.69) is 20.4 Å². The van der Waals surface area contributed by atoms with Crippen molar-refractivity contribution in [2.24, 2.45) is 11.8 Å². The Balaban J connectivity index is 1.86. The van der Waals surface area contributed by atoms with Gasteiger partial charge < -0.3 is 8.85 Å². The molecule has 0 radical (unpaired) electrons. The second kappa shape index (κ2) is 7.23. The zero-order valence-corrected chi connectivity index (χ0v) is 14.1. The van der Waals surface area contributed by atoms with Gasteiger partial charge in [-0.2, -0.15) is 0 Å². The monoisotopic (exact) mass is 284 g/mol. The van der Waals surface area contributed by atoms with Gasteiger partial charge in [0.05, 0.1) is 0 Å². The highest BCUT2D eigenvalue weighted by molar-refractivity contribution is 6.66. The third-order valence-corrected chi connectivity index (χ3v) is 7.89. The Hall–Kier alpha value is 0.137. The third-order valence-electron chi connectivity index (χ3n) is 4.80. The van der Waals surface area contributed by atoms with Crippen LogP contribution in [-0.4, -0.2) is 21.3 Å². The molecule has 0 N–H and O–H groups in total. The molecule has 2 nitrogen and oxygen atoms in total. The van der Waals surface area contributed by atoms with E-state index < -0.39 is 8.56 Å². The minimum absolute atomic E-state index is 0.403. The van der Waals surface area contributed by atoms with Gasteiger partial charge in [0.2, 0.25) is 0 Å². The molecule has 19 heavy (non-hydrogen) atoms. The van der Waals surface area contributed by atoms with E-state index in [1.54, 1.807) is 0 Å². The van der Waals surface area contributed by atoms with Crippen LogP contribution in [0.3, 0.4) is 0 Å². The molecule has 0 aromatic rings. The molecule has 2 rings (SSSR count). The van der Waals surface area contributed by atoms with Crippen LogP contribution < -0.4 is 0 Å². The highest BCUT2D eigenvalue weighted by Gasteiger charge is 2.40. The highest BCUT2D eigenvalue weighted by Crippen LogP contribution is 2.39. The van der Waals surface area contributed by atoms with Crippen molar-refractivity contribution < 1.29 is 8.85 Å².